The molecule has 0 aliphatic carbocycles. The largest absolute Gasteiger partial charge is 0.359 e. The average molecular weight is 226 g/mol. The van der Waals surface area contributed by atoms with Crippen molar-refractivity contribution in [2.24, 2.45) is 5.73 Å². The summed E-state index contributed by atoms with van der Waals surface area (Å²) >= 11 is 0. The summed E-state index contributed by atoms with van der Waals surface area (Å²) in [6.45, 7) is 14.0. The van der Waals surface area contributed by atoms with Crippen LogP contribution in [0.1, 0.15) is 27.2 Å². The summed E-state index contributed by atoms with van der Waals surface area (Å²) in [6.07, 6.45) is 1.05. The molecule has 0 aliphatic rings. The molecule has 0 heterocycles. The van der Waals surface area contributed by atoms with Gasteiger partial charge in [0.25, 0.3) is 0 Å². The quantitative estimate of drug-likeness (QED) is 0.646. The van der Waals surface area contributed by atoms with Crippen molar-refractivity contribution in [1.29, 1.82) is 0 Å². The molecule has 0 bridgehead atoms. The average Bonchev–Trinajstić information content (AvgIpc) is 2.25. The number of nitrogens with zero attached hydrogens (tertiary/aromatic N) is 2. The van der Waals surface area contributed by atoms with Crippen LogP contribution in [0.15, 0.2) is 24.7 Å². The van der Waals surface area contributed by atoms with Gasteiger partial charge < -0.3 is 20.9 Å². The lowest BCUT2D eigenvalue weighted by Gasteiger charge is -2.34. The third-order valence-corrected chi connectivity index (χ3v) is 2.90. The Kier molecular flexibility index (Phi) is 5.96. The Morgan fingerprint density at radius 2 is 1.75 bits per heavy atom. The fourth-order valence-corrected chi connectivity index (χ4v) is 1.21. The van der Waals surface area contributed by atoms with E-state index >= 15 is 0 Å². The number of nitrogens with two attached hydrogens (primary N) is 1. The van der Waals surface area contributed by atoms with Crippen molar-refractivity contribution < 1.29 is 0 Å². The molecule has 4 heteroatoms. The first-order chi connectivity index (χ1) is 7.31. The Bertz CT molecular complexity index is 247. The molecule has 16 heavy (non-hydrogen) atoms. The molecule has 0 spiro atoms. The minimum atomic E-state index is -0.0492. The van der Waals surface area contributed by atoms with Crippen LogP contribution in [-0.4, -0.2) is 36.2 Å². The van der Waals surface area contributed by atoms with Crippen molar-refractivity contribution in [3.63, 3.8) is 0 Å². The van der Waals surface area contributed by atoms with E-state index in [4.69, 9.17) is 5.73 Å². The van der Waals surface area contributed by atoms with Gasteiger partial charge >= 0.3 is 0 Å². The predicted octanol–water partition coefficient (Wildman–Crippen LogP) is 1.49. The molecule has 0 saturated carbocycles. The van der Waals surface area contributed by atoms with E-state index in [1.807, 2.05) is 25.9 Å². The zero-order chi connectivity index (χ0) is 12.9. The van der Waals surface area contributed by atoms with Gasteiger partial charge in [-0.15, -0.1) is 0 Å². The summed E-state index contributed by atoms with van der Waals surface area (Å²) in [5.74, 6) is 0.818. The van der Waals surface area contributed by atoms with Gasteiger partial charge in [0.05, 0.1) is 18.2 Å². The maximum absolute atomic E-state index is 5.77. The van der Waals surface area contributed by atoms with Crippen molar-refractivity contribution in [2.75, 3.05) is 14.1 Å². The summed E-state index contributed by atoms with van der Waals surface area (Å²) in [7, 11) is 3.93. The molecule has 0 rings (SSSR count). The second kappa shape index (κ2) is 6.43. The summed E-state index contributed by atoms with van der Waals surface area (Å²) in [4.78, 5) is 4.00. The zero-order valence-corrected chi connectivity index (χ0v) is 11.2. The van der Waals surface area contributed by atoms with E-state index < -0.39 is 0 Å². The summed E-state index contributed by atoms with van der Waals surface area (Å²) in [5.41, 5.74) is 6.86. The molecular formula is C12H26N4. The van der Waals surface area contributed by atoms with Crippen molar-refractivity contribution >= 4 is 0 Å². The van der Waals surface area contributed by atoms with E-state index in [-0.39, 0.29) is 12.3 Å². The Labute approximate surface area is 99.8 Å². The first-order valence-electron chi connectivity index (χ1n) is 5.65. The summed E-state index contributed by atoms with van der Waals surface area (Å²) in [5, 5.41) is 3.29. The van der Waals surface area contributed by atoms with Crippen molar-refractivity contribution in [1.82, 2.24) is 15.1 Å². The number of rotatable bonds is 7. The number of nitrogens with one attached hydrogen (secondary N) is 1. The monoisotopic (exact) mass is 226 g/mol. The molecule has 0 radical (unpaired) electrons. The molecule has 0 fully saturated rings. The van der Waals surface area contributed by atoms with Gasteiger partial charge in [-0.2, -0.15) is 0 Å². The fraction of sp³-hybridized carbons (Fsp3) is 0.667. The van der Waals surface area contributed by atoms with Crippen LogP contribution in [0.2, 0.25) is 0 Å². The maximum Gasteiger partial charge on any atom is 0.0966 e. The highest BCUT2D eigenvalue weighted by atomic mass is 15.3. The molecule has 0 amide bonds. The van der Waals surface area contributed by atoms with E-state index in [2.05, 4.69) is 37.2 Å². The smallest absolute Gasteiger partial charge is 0.0966 e. The molecule has 0 aromatic carbocycles. The molecule has 0 aliphatic heterocycles. The van der Waals surface area contributed by atoms with Crippen LogP contribution < -0.4 is 11.1 Å². The lowest BCUT2D eigenvalue weighted by molar-refractivity contribution is 0.237. The highest BCUT2D eigenvalue weighted by Gasteiger charge is 2.13. The molecule has 0 aromatic heterocycles. The second-order valence-electron chi connectivity index (χ2n) is 4.15. The minimum Gasteiger partial charge on any atom is -0.359 e. The molecule has 94 valence electrons. The van der Waals surface area contributed by atoms with Gasteiger partial charge in [0.15, 0.2) is 0 Å². The standard InChI is InChI=1S/C12H26N4/c1-8-9(2)15(6)11(4)14-12(5)16(7)10(3)13/h10-11,14H,2,5,8,13H2,1,3-4,6-7H3/t10-,11-/m0/s1. The third-order valence-electron chi connectivity index (χ3n) is 2.90. The van der Waals surface area contributed by atoms with Gasteiger partial charge in [-0.1, -0.05) is 20.1 Å². The van der Waals surface area contributed by atoms with Crippen LogP contribution in [0.25, 0.3) is 0 Å². The maximum atomic E-state index is 5.77. The summed E-state index contributed by atoms with van der Waals surface area (Å²) in [6, 6.07) is 0. The topological polar surface area (TPSA) is 44.5 Å². The molecule has 0 aromatic rings. The molecule has 3 N–H and O–H groups in total. The Morgan fingerprint density at radius 1 is 1.25 bits per heavy atom. The fourth-order valence-electron chi connectivity index (χ4n) is 1.21. The lowest BCUT2D eigenvalue weighted by Crippen LogP contribution is -2.46. The Hall–Kier alpha value is -1.16. The van der Waals surface area contributed by atoms with Crippen LogP contribution in [0, 0.1) is 0 Å². The predicted molar refractivity (Wildman–Crippen MR) is 70.3 cm³/mol. The van der Waals surface area contributed by atoms with Gasteiger partial charge in [-0.05, 0) is 20.3 Å². The first-order valence-corrected chi connectivity index (χ1v) is 5.65. The van der Waals surface area contributed by atoms with Crippen molar-refractivity contribution in [3.8, 4) is 0 Å². The normalized spacial score (nSPS) is 13.9. The van der Waals surface area contributed by atoms with Gasteiger partial charge in [-0.25, -0.2) is 0 Å². The van der Waals surface area contributed by atoms with E-state index in [9.17, 15) is 0 Å². The number of allylic oxidation sites excluding steroid dienone is 1. The van der Waals surface area contributed by atoms with Crippen LogP contribution in [0.3, 0.4) is 0 Å². The zero-order valence-electron chi connectivity index (χ0n) is 11.2. The number of hydrogen-bond acceptors (Lipinski definition) is 4. The Balaban J connectivity index is 4.29. The lowest BCUT2D eigenvalue weighted by atomic mass is 10.3. The van der Waals surface area contributed by atoms with Crippen molar-refractivity contribution in [2.45, 2.75) is 39.5 Å². The van der Waals surface area contributed by atoms with E-state index in [1.54, 1.807) is 0 Å². The van der Waals surface area contributed by atoms with Crippen LogP contribution in [0.5, 0.6) is 0 Å². The first kappa shape index (κ1) is 14.8. The van der Waals surface area contributed by atoms with Crippen LogP contribution in [0.4, 0.5) is 0 Å². The van der Waals surface area contributed by atoms with E-state index in [0.29, 0.717) is 0 Å². The second-order valence-corrected chi connectivity index (χ2v) is 4.15. The highest BCUT2D eigenvalue weighted by Crippen LogP contribution is 2.08. The number of hydrogen-bond donors (Lipinski definition) is 2. The van der Waals surface area contributed by atoms with E-state index in [1.165, 1.54) is 0 Å². The SMILES string of the molecule is C=C(N[C@H](C)N(C)C(=C)CC)N(C)[C@@H](C)N. The van der Waals surface area contributed by atoms with Gasteiger partial charge in [0.1, 0.15) is 0 Å². The highest BCUT2D eigenvalue weighted by molar-refractivity contribution is 4.97. The van der Waals surface area contributed by atoms with Crippen LogP contribution >= 0.6 is 0 Å². The minimum absolute atomic E-state index is 0.0492. The molecule has 0 unspecified atom stereocenters. The van der Waals surface area contributed by atoms with E-state index in [0.717, 1.165) is 17.9 Å². The Morgan fingerprint density at radius 3 is 2.12 bits per heavy atom. The van der Waals surface area contributed by atoms with Gasteiger partial charge in [0, 0.05) is 19.8 Å². The molecule has 4 nitrogen and oxygen atoms in total. The molecular weight excluding hydrogens is 200 g/mol. The molecule has 2 atom stereocenters. The molecule has 0 saturated heterocycles. The van der Waals surface area contributed by atoms with Gasteiger partial charge in [0.2, 0.25) is 0 Å². The van der Waals surface area contributed by atoms with Gasteiger partial charge in [-0.3, -0.25) is 0 Å². The van der Waals surface area contributed by atoms with Crippen molar-refractivity contribution in [3.05, 3.63) is 24.7 Å². The van der Waals surface area contributed by atoms with Crippen LogP contribution in [-0.2, 0) is 0 Å². The summed E-state index contributed by atoms with van der Waals surface area (Å²) < 4.78 is 0. The third kappa shape index (κ3) is 4.14.